The Labute approximate surface area is 164 Å². The zero-order valence-electron chi connectivity index (χ0n) is 15.8. The van der Waals surface area contributed by atoms with Gasteiger partial charge < -0.3 is 15.7 Å². The zero-order chi connectivity index (χ0) is 19.5. The molecule has 0 bridgehead atoms. The highest BCUT2D eigenvalue weighted by atomic mass is 16.4. The van der Waals surface area contributed by atoms with E-state index in [-0.39, 0.29) is 18.5 Å². The summed E-state index contributed by atoms with van der Waals surface area (Å²) in [6, 6.07) is 13.9. The first kappa shape index (κ1) is 18.5. The van der Waals surface area contributed by atoms with Gasteiger partial charge in [-0.15, -0.1) is 0 Å². The summed E-state index contributed by atoms with van der Waals surface area (Å²) in [4.78, 5) is 25.5. The van der Waals surface area contributed by atoms with Gasteiger partial charge in [-0.05, 0) is 60.2 Å². The molecule has 6 nitrogen and oxygen atoms in total. The highest BCUT2D eigenvalue weighted by molar-refractivity contribution is 5.95. The van der Waals surface area contributed by atoms with E-state index in [0.29, 0.717) is 13.0 Å². The lowest BCUT2D eigenvalue weighted by molar-refractivity contribution is -0.136. The molecular weight excluding hydrogens is 354 g/mol. The number of benzene rings is 2. The summed E-state index contributed by atoms with van der Waals surface area (Å²) in [5.74, 6) is -0.813. The van der Waals surface area contributed by atoms with Gasteiger partial charge in [0, 0.05) is 25.2 Å². The first-order valence-electron chi connectivity index (χ1n) is 9.82. The van der Waals surface area contributed by atoms with Crippen LogP contribution < -0.4 is 15.5 Å². The minimum absolute atomic E-state index is 0.0803. The van der Waals surface area contributed by atoms with Crippen LogP contribution in [0.1, 0.15) is 41.1 Å². The molecule has 2 aliphatic rings. The van der Waals surface area contributed by atoms with Crippen molar-refractivity contribution >= 4 is 17.7 Å². The van der Waals surface area contributed by atoms with Crippen LogP contribution >= 0.6 is 0 Å². The Bertz CT molecular complexity index is 896. The second kappa shape index (κ2) is 8.02. The van der Waals surface area contributed by atoms with Gasteiger partial charge in [0.2, 0.25) is 0 Å². The van der Waals surface area contributed by atoms with Gasteiger partial charge in [0.1, 0.15) is 0 Å². The maximum atomic E-state index is 12.7. The third-order valence-corrected chi connectivity index (χ3v) is 5.58. The van der Waals surface area contributed by atoms with Crippen LogP contribution in [0.25, 0.3) is 0 Å². The van der Waals surface area contributed by atoms with E-state index >= 15 is 0 Å². The number of nitrogens with one attached hydrogen (secondary N) is 2. The van der Waals surface area contributed by atoms with Crippen molar-refractivity contribution in [3.63, 3.8) is 0 Å². The molecule has 0 aromatic heterocycles. The van der Waals surface area contributed by atoms with Gasteiger partial charge in [-0.1, -0.05) is 30.3 Å². The summed E-state index contributed by atoms with van der Waals surface area (Å²) in [5, 5.41) is 15.4. The summed E-state index contributed by atoms with van der Waals surface area (Å²) in [6.07, 6.45) is 2.63. The summed E-state index contributed by atoms with van der Waals surface area (Å²) >= 11 is 0. The lowest BCUT2D eigenvalue weighted by atomic mass is 9.96. The first-order chi connectivity index (χ1) is 13.6. The Morgan fingerprint density at radius 1 is 1.18 bits per heavy atom. The van der Waals surface area contributed by atoms with E-state index in [2.05, 4.69) is 22.8 Å². The van der Waals surface area contributed by atoms with E-state index in [9.17, 15) is 9.59 Å². The maximum absolute atomic E-state index is 12.7. The van der Waals surface area contributed by atoms with Crippen LogP contribution in [0.3, 0.4) is 0 Å². The third-order valence-electron chi connectivity index (χ3n) is 5.58. The molecule has 0 radical (unpaired) electrons. The SMILES string of the molecule is O=C(O)CCc1ccccc1C1CNC(=O)N1c1ccc2c(c1)CCCNC2. The second-order valence-corrected chi connectivity index (χ2v) is 7.40. The number of urea groups is 1. The lowest BCUT2D eigenvalue weighted by Gasteiger charge is -2.26. The minimum Gasteiger partial charge on any atom is -0.481 e. The van der Waals surface area contributed by atoms with Gasteiger partial charge in [-0.3, -0.25) is 9.69 Å². The molecule has 1 unspecified atom stereocenters. The number of carboxylic acids is 1. The molecule has 0 spiro atoms. The quantitative estimate of drug-likeness (QED) is 0.746. The molecular formula is C22H25N3O3. The molecule has 28 heavy (non-hydrogen) atoms. The van der Waals surface area contributed by atoms with Crippen molar-refractivity contribution in [2.24, 2.45) is 0 Å². The number of amides is 2. The van der Waals surface area contributed by atoms with Crippen LogP contribution in [0.15, 0.2) is 42.5 Å². The van der Waals surface area contributed by atoms with E-state index in [0.717, 1.165) is 42.7 Å². The Hall–Kier alpha value is -2.86. The van der Waals surface area contributed by atoms with E-state index in [1.165, 1.54) is 11.1 Å². The van der Waals surface area contributed by atoms with Crippen LogP contribution in [-0.4, -0.2) is 30.2 Å². The molecule has 2 aromatic rings. The topological polar surface area (TPSA) is 81.7 Å². The van der Waals surface area contributed by atoms with Crippen LogP contribution in [0, 0.1) is 0 Å². The van der Waals surface area contributed by atoms with Gasteiger partial charge in [-0.25, -0.2) is 4.79 Å². The average molecular weight is 379 g/mol. The van der Waals surface area contributed by atoms with Crippen LogP contribution in [0.4, 0.5) is 10.5 Å². The molecule has 2 aliphatic heterocycles. The number of rotatable bonds is 5. The van der Waals surface area contributed by atoms with Crippen molar-refractivity contribution in [1.82, 2.24) is 10.6 Å². The van der Waals surface area contributed by atoms with E-state index in [1.807, 2.05) is 35.2 Å². The van der Waals surface area contributed by atoms with Crippen molar-refractivity contribution in [1.29, 1.82) is 0 Å². The van der Waals surface area contributed by atoms with Crippen molar-refractivity contribution in [2.45, 2.75) is 38.3 Å². The Morgan fingerprint density at radius 2 is 2.04 bits per heavy atom. The molecule has 146 valence electrons. The molecule has 2 amide bonds. The number of carboxylic acid groups (broad SMARTS) is 1. The smallest absolute Gasteiger partial charge is 0.322 e. The van der Waals surface area contributed by atoms with Gasteiger partial charge >= 0.3 is 12.0 Å². The van der Waals surface area contributed by atoms with Crippen molar-refractivity contribution in [3.8, 4) is 0 Å². The van der Waals surface area contributed by atoms with Gasteiger partial charge in [-0.2, -0.15) is 0 Å². The number of hydrogen-bond donors (Lipinski definition) is 3. The third kappa shape index (κ3) is 3.73. The molecule has 2 aromatic carbocycles. The Kier molecular flexibility index (Phi) is 5.30. The van der Waals surface area contributed by atoms with Crippen molar-refractivity contribution in [3.05, 3.63) is 64.7 Å². The Balaban J connectivity index is 1.67. The number of aryl methyl sites for hydroxylation is 2. The highest BCUT2D eigenvalue weighted by Crippen LogP contribution is 2.34. The fourth-order valence-electron chi connectivity index (χ4n) is 4.17. The fourth-order valence-corrected chi connectivity index (χ4v) is 4.17. The molecule has 6 heteroatoms. The molecule has 0 aliphatic carbocycles. The normalized spacial score (nSPS) is 19.1. The van der Waals surface area contributed by atoms with Crippen molar-refractivity contribution < 1.29 is 14.7 Å². The number of carbonyl (C=O) groups excluding carboxylic acids is 1. The predicted molar refractivity (Wildman–Crippen MR) is 107 cm³/mol. The van der Waals surface area contributed by atoms with Crippen molar-refractivity contribution in [2.75, 3.05) is 18.0 Å². The predicted octanol–water partition coefficient (Wildman–Crippen LogP) is 3.01. The summed E-state index contributed by atoms with van der Waals surface area (Å²) < 4.78 is 0. The number of carbonyl (C=O) groups is 2. The molecule has 1 saturated heterocycles. The summed E-state index contributed by atoms with van der Waals surface area (Å²) in [5.41, 5.74) is 5.47. The molecule has 3 N–H and O–H groups in total. The second-order valence-electron chi connectivity index (χ2n) is 7.40. The molecule has 1 fully saturated rings. The summed E-state index contributed by atoms with van der Waals surface area (Å²) in [6.45, 7) is 2.39. The largest absolute Gasteiger partial charge is 0.481 e. The van der Waals surface area contributed by atoms with Crippen LogP contribution in [-0.2, 0) is 24.2 Å². The van der Waals surface area contributed by atoms with Gasteiger partial charge in [0.15, 0.2) is 0 Å². The monoisotopic (exact) mass is 379 g/mol. The number of nitrogens with zero attached hydrogens (tertiary/aromatic N) is 1. The van der Waals surface area contributed by atoms with Crippen LogP contribution in [0.5, 0.6) is 0 Å². The number of hydrogen-bond acceptors (Lipinski definition) is 3. The molecule has 4 rings (SSSR count). The minimum atomic E-state index is -0.813. The van der Waals surface area contributed by atoms with E-state index in [1.54, 1.807) is 0 Å². The zero-order valence-corrected chi connectivity index (χ0v) is 15.8. The number of fused-ring (bicyclic) bond motifs is 1. The van der Waals surface area contributed by atoms with E-state index in [4.69, 9.17) is 5.11 Å². The number of aliphatic carboxylic acids is 1. The molecule has 1 atom stereocenters. The highest BCUT2D eigenvalue weighted by Gasteiger charge is 2.34. The summed E-state index contributed by atoms with van der Waals surface area (Å²) in [7, 11) is 0. The molecule has 2 heterocycles. The fraction of sp³-hybridized carbons (Fsp3) is 0.364. The van der Waals surface area contributed by atoms with E-state index < -0.39 is 5.97 Å². The molecule has 0 saturated carbocycles. The number of anilines is 1. The standard InChI is InChI=1S/C22H25N3O3/c26-21(27)10-8-15-4-1-2-6-19(15)20-14-24-22(28)25(20)18-9-7-17-13-23-11-3-5-16(17)12-18/h1-2,4,6-7,9,12,20,23H,3,5,8,10-11,13-14H2,(H,24,28)(H,26,27). The Morgan fingerprint density at radius 3 is 2.89 bits per heavy atom. The van der Waals surface area contributed by atoms with Gasteiger partial charge in [0.05, 0.1) is 6.04 Å². The van der Waals surface area contributed by atoms with Crippen LogP contribution in [0.2, 0.25) is 0 Å². The first-order valence-corrected chi connectivity index (χ1v) is 9.82. The lowest BCUT2D eigenvalue weighted by Crippen LogP contribution is -2.30. The van der Waals surface area contributed by atoms with Gasteiger partial charge in [0.25, 0.3) is 0 Å². The maximum Gasteiger partial charge on any atom is 0.322 e. The average Bonchev–Trinajstić information content (AvgIpc) is 2.93.